The smallest absolute Gasteiger partial charge is 0.359 e. The number of nitrogens with two attached hydrogens (primary N) is 3. The molecule has 0 aliphatic carbocycles. The number of hydrogen-bond acceptors (Lipinski definition) is 5. The van der Waals surface area contributed by atoms with Gasteiger partial charge < -0.3 is 21.3 Å². The molecule has 0 saturated heterocycles. The molecule has 8 nitrogen and oxygen atoms in total. The first-order chi connectivity index (χ1) is 11.9. The zero-order valence-electron chi connectivity index (χ0n) is 14.2. The van der Waals surface area contributed by atoms with Crippen LogP contribution in [-0.4, -0.2) is 35.1 Å². The van der Waals surface area contributed by atoms with Gasteiger partial charge in [-0.05, 0) is 18.4 Å². The van der Waals surface area contributed by atoms with Gasteiger partial charge >= 0.3 is 5.97 Å². The van der Waals surface area contributed by atoms with E-state index in [1.807, 2.05) is 6.07 Å². The lowest BCUT2D eigenvalue weighted by atomic mass is 10.0. The summed E-state index contributed by atoms with van der Waals surface area (Å²) in [5.41, 5.74) is 14.6. The molecule has 138 valence electrons. The molecule has 1 atom stereocenters. The number of carboxylic acid groups (broad SMARTS) is 1. The standard InChI is InChI=1S/C17H26N4O4/c18-16(19)21-11-7-2-1-6-10-14(22)17(20,15(23)24)25-12-13-8-4-3-5-9-13/h3-5,8-9H,1-2,6-7,10-12,20H2,(H,23,24)(H4,18,19,21). The normalized spacial score (nSPS) is 13.0. The Morgan fingerprint density at radius 3 is 2.32 bits per heavy atom. The highest BCUT2D eigenvalue weighted by Crippen LogP contribution is 2.15. The molecule has 0 fully saturated rings. The minimum atomic E-state index is -2.33. The maximum absolute atomic E-state index is 12.2. The van der Waals surface area contributed by atoms with Crippen LogP contribution in [0.5, 0.6) is 0 Å². The molecular weight excluding hydrogens is 324 g/mol. The van der Waals surface area contributed by atoms with E-state index in [-0.39, 0.29) is 19.0 Å². The van der Waals surface area contributed by atoms with Crippen molar-refractivity contribution in [3.63, 3.8) is 0 Å². The van der Waals surface area contributed by atoms with Gasteiger partial charge in [0, 0.05) is 13.0 Å². The second-order valence-electron chi connectivity index (χ2n) is 5.71. The first kappa shape index (κ1) is 20.6. The molecule has 8 heteroatoms. The van der Waals surface area contributed by atoms with Crippen molar-refractivity contribution >= 4 is 17.7 Å². The average Bonchev–Trinajstić information content (AvgIpc) is 2.59. The van der Waals surface area contributed by atoms with Gasteiger partial charge in [0.2, 0.25) is 0 Å². The Hall–Kier alpha value is -2.45. The van der Waals surface area contributed by atoms with Crippen LogP contribution >= 0.6 is 0 Å². The first-order valence-electron chi connectivity index (χ1n) is 8.15. The fourth-order valence-electron chi connectivity index (χ4n) is 2.18. The summed E-state index contributed by atoms with van der Waals surface area (Å²) in [6.07, 6.45) is 2.95. The third-order valence-corrected chi connectivity index (χ3v) is 3.65. The van der Waals surface area contributed by atoms with Crippen molar-refractivity contribution in [3.05, 3.63) is 35.9 Å². The molecule has 1 rings (SSSR count). The number of nitrogens with zero attached hydrogens (tertiary/aromatic N) is 1. The number of Topliss-reactive ketones (excluding diaryl/α,β-unsaturated/α-hetero) is 1. The molecule has 1 aromatic carbocycles. The van der Waals surface area contributed by atoms with E-state index in [0.29, 0.717) is 13.0 Å². The van der Waals surface area contributed by atoms with Gasteiger partial charge in [0.15, 0.2) is 11.7 Å². The summed E-state index contributed by atoms with van der Waals surface area (Å²) >= 11 is 0. The van der Waals surface area contributed by atoms with Crippen LogP contribution in [0.15, 0.2) is 35.3 Å². The van der Waals surface area contributed by atoms with Crippen molar-refractivity contribution in [2.24, 2.45) is 22.2 Å². The van der Waals surface area contributed by atoms with Gasteiger partial charge in [0.05, 0.1) is 6.61 Å². The van der Waals surface area contributed by atoms with E-state index in [1.54, 1.807) is 24.3 Å². The van der Waals surface area contributed by atoms with Crippen LogP contribution in [0.4, 0.5) is 0 Å². The Labute approximate surface area is 147 Å². The van der Waals surface area contributed by atoms with E-state index in [9.17, 15) is 14.7 Å². The fraction of sp³-hybridized carbons (Fsp3) is 0.471. The summed E-state index contributed by atoms with van der Waals surface area (Å²) in [5, 5.41) is 9.30. The highest BCUT2D eigenvalue weighted by Gasteiger charge is 2.42. The molecule has 7 N–H and O–H groups in total. The number of aliphatic imine (C=N–C) groups is 1. The van der Waals surface area contributed by atoms with E-state index in [0.717, 1.165) is 24.8 Å². The lowest BCUT2D eigenvalue weighted by Gasteiger charge is -2.23. The van der Waals surface area contributed by atoms with Crippen molar-refractivity contribution in [2.45, 2.75) is 44.4 Å². The summed E-state index contributed by atoms with van der Waals surface area (Å²) in [7, 11) is 0. The van der Waals surface area contributed by atoms with E-state index in [1.165, 1.54) is 0 Å². The molecule has 0 bridgehead atoms. The van der Waals surface area contributed by atoms with Gasteiger partial charge in [0.1, 0.15) is 0 Å². The molecule has 0 aliphatic rings. The van der Waals surface area contributed by atoms with E-state index in [4.69, 9.17) is 21.9 Å². The summed E-state index contributed by atoms with van der Waals surface area (Å²) in [5.74, 6) is -2.07. The number of carbonyl (C=O) groups excluding carboxylic acids is 1. The second-order valence-corrected chi connectivity index (χ2v) is 5.71. The first-order valence-corrected chi connectivity index (χ1v) is 8.15. The quantitative estimate of drug-likeness (QED) is 0.142. The minimum absolute atomic E-state index is 0.0416. The largest absolute Gasteiger partial charge is 0.478 e. The number of carbonyl (C=O) groups is 2. The molecule has 25 heavy (non-hydrogen) atoms. The van der Waals surface area contributed by atoms with Crippen LogP contribution in [-0.2, 0) is 20.9 Å². The van der Waals surface area contributed by atoms with Crippen molar-refractivity contribution in [2.75, 3.05) is 6.54 Å². The lowest BCUT2D eigenvalue weighted by Crippen LogP contribution is -2.57. The molecule has 0 saturated carbocycles. The number of ketones is 1. The molecule has 1 unspecified atom stereocenters. The highest BCUT2D eigenvalue weighted by atomic mass is 16.5. The SMILES string of the molecule is NC(N)=NCCCCCCC(=O)C(N)(OCc1ccccc1)C(=O)O. The Morgan fingerprint density at radius 2 is 1.72 bits per heavy atom. The summed E-state index contributed by atoms with van der Waals surface area (Å²) in [4.78, 5) is 27.5. The molecular formula is C17H26N4O4. The number of ether oxygens (including phenoxy) is 1. The van der Waals surface area contributed by atoms with Gasteiger partial charge in [-0.25, -0.2) is 4.79 Å². The van der Waals surface area contributed by atoms with Crippen LogP contribution in [0.3, 0.4) is 0 Å². The van der Waals surface area contributed by atoms with Crippen LogP contribution in [0, 0.1) is 0 Å². The van der Waals surface area contributed by atoms with Crippen LogP contribution in [0.2, 0.25) is 0 Å². The summed E-state index contributed by atoms with van der Waals surface area (Å²) < 4.78 is 5.24. The number of carboxylic acids is 1. The maximum atomic E-state index is 12.2. The Bertz CT molecular complexity index is 588. The predicted molar refractivity (Wildman–Crippen MR) is 94.6 cm³/mol. The third-order valence-electron chi connectivity index (χ3n) is 3.65. The van der Waals surface area contributed by atoms with E-state index in [2.05, 4.69) is 4.99 Å². The molecule has 0 aromatic heterocycles. The van der Waals surface area contributed by atoms with E-state index >= 15 is 0 Å². The van der Waals surface area contributed by atoms with Crippen LogP contribution in [0.1, 0.15) is 37.7 Å². The summed E-state index contributed by atoms with van der Waals surface area (Å²) in [6, 6.07) is 8.95. The number of benzene rings is 1. The van der Waals surface area contributed by atoms with Crippen molar-refractivity contribution in [1.82, 2.24) is 0 Å². The second kappa shape index (κ2) is 10.4. The minimum Gasteiger partial charge on any atom is -0.478 e. The number of aliphatic carboxylic acids is 1. The number of unbranched alkanes of at least 4 members (excludes halogenated alkanes) is 3. The molecule has 0 amide bonds. The highest BCUT2D eigenvalue weighted by molar-refractivity contribution is 6.05. The Balaban J connectivity index is 2.42. The number of guanidine groups is 1. The molecule has 0 heterocycles. The summed E-state index contributed by atoms with van der Waals surface area (Å²) in [6.45, 7) is 0.486. The Kier molecular flexibility index (Phi) is 8.59. The molecule has 0 aliphatic heterocycles. The maximum Gasteiger partial charge on any atom is 0.359 e. The third kappa shape index (κ3) is 7.32. The van der Waals surface area contributed by atoms with Crippen LogP contribution in [0.25, 0.3) is 0 Å². The monoisotopic (exact) mass is 350 g/mol. The molecule has 0 spiro atoms. The zero-order chi connectivity index (χ0) is 18.7. The number of rotatable bonds is 12. The van der Waals surface area contributed by atoms with Crippen molar-refractivity contribution in [3.8, 4) is 0 Å². The Morgan fingerprint density at radius 1 is 1.08 bits per heavy atom. The predicted octanol–water partition coefficient (Wildman–Crippen LogP) is 0.736. The molecule has 1 aromatic rings. The number of hydrogen-bond donors (Lipinski definition) is 4. The van der Waals surface area contributed by atoms with Crippen LogP contribution < -0.4 is 17.2 Å². The molecule has 0 radical (unpaired) electrons. The van der Waals surface area contributed by atoms with Gasteiger partial charge in [-0.1, -0.05) is 43.2 Å². The van der Waals surface area contributed by atoms with Crippen molar-refractivity contribution in [1.29, 1.82) is 0 Å². The zero-order valence-corrected chi connectivity index (χ0v) is 14.2. The van der Waals surface area contributed by atoms with Gasteiger partial charge in [-0.15, -0.1) is 0 Å². The van der Waals surface area contributed by atoms with E-state index < -0.39 is 17.5 Å². The topological polar surface area (TPSA) is 154 Å². The van der Waals surface area contributed by atoms with Gasteiger partial charge in [-0.2, -0.15) is 0 Å². The lowest BCUT2D eigenvalue weighted by molar-refractivity contribution is -0.173. The van der Waals surface area contributed by atoms with Gasteiger partial charge in [-0.3, -0.25) is 15.5 Å². The average molecular weight is 350 g/mol. The van der Waals surface area contributed by atoms with Crippen molar-refractivity contribution < 1.29 is 19.4 Å². The fourth-order valence-corrected chi connectivity index (χ4v) is 2.18. The van der Waals surface area contributed by atoms with Gasteiger partial charge in [0.25, 0.3) is 5.72 Å².